The van der Waals surface area contributed by atoms with Crippen LogP contribution in [0.3, 0.4) is 0 Å². The molecule has 1 atom stereocenters. The number of aryl methyl sites for hydroxylation is 1. The molecule has 0 aliphatic carbocycles. The van der Waals surface area contributed by atoms with Crippen molar-refractivity contribution >= 4 is 27.5 Å². The van der Waals surface area contributed by atoms with Crippen LogP contribution in [0.4, 0.5) is 8.78 Å². The van der Waals surface area contributed by atoms with Crippen molar-refractivity contribution in [1.29, 1.82) is 0 Å². The molecule has 0 aromatic heterocycles. The SMILES string of the molecule is Cc1ccc(C(Br)c2cc(F)c(Cl)cc2F)cc1. The summed E-state index contributed by atoms with van der Waals surface area (Å²) in [5.41, 5.74) is 2.21. The molecule has 2 aromatic carbocycles. The molecular weight excluding hydrogens is 322 g/mol. The number of halogens is 4. The highest BCUT2D eigenvalue weighted by molar-refractivity contribution is 9.09. The number of rotatable bonds is 2. The minimum absolute atomic E-state index is 0.208. The van der Waals surface area contributed by atoms with Crippen LogP contribution in [0, 0.1) is 18.6 Å². The van der Waals surface area contributed by atoms with Crippen LogP contribution >= 0.6 is 27.5 Å². The fourth-order valence-corrected chi connectivity index (χ4v) is 2.45. The Balaban J connectivity index is 2.42. The molecule has 2 rings (SSSR count). The largest absolute Gasteiger partial charge is 0.207 e. The summed E-state index contributed by atoms with van der Waals surface area (Å²) in [7, 11) is 0. The Hall–Kier alpha value is -0.930. The Labute approximate surface area is 118 Å². The van der Waals surface area contributed by atoms with Gasteiger partial charge in [-0.1, -0.05) is 57.4 Å². The molecule has 0 bridgehead atoms. The van der Waals surface area contributed by atoms with Crippen molar-refractivity contribution in [2.45, 2.75) is 11.8 Å². The second kappa shape index (κ2) is 5.37. The first-order valence-electron chi connectivity index (χ1n) is 5.34. The van der Waals surface area contributed by atoms with E-state index in [4.69, 9.17) is 11.6 Å². The second-order valence-electron chi connectivity index (χ2n) is 4.06. The van der Waals surface area contributed by atoms with Gasteiger partial charge in [-0.25, -0.2) is 8.78 Å². The van der Waals surface area contributed by atoms with Crippen molar-refractivity contribution in [2.75, 3.05) is 0 Å². The zero-order valence-corrected chi connectivity index (χ0v) is 11.9. The maximum atomic E-state index is 13.8. The third-order valence-electron chi connectivity index (χ3n) is 2.68. The highest BCUT2D eigenvalue weighted by atomic mass is 79.9. The molecule has 1 unspecified atom stereocenters. The highest BCUT2D eigenvalue weighted by Gasteiger charge is 2.17. The first-order chi connectivity index (χ1) is 8.49. The van der Waals surface area contributed by atoms with Gasteiger partial charge in [-0.2, -0.15) is 0 Å². The van der Waals surface area contributed by atoms with E-state index in [1.54, 1.807) is 0 Å². The predicted molar refractivity (Wildman–Crippen MR) is 73.3 cm³/mol. The third kappa shape index (κ3) is 2.73. The van der Waals surface area contributed by atoms with Gasteiger partial charge in [-0.3, -0.25) is 0 Å². The van der Waals surface area contributed by atoms with E-state index in [1.165, 1.54) is 0 Å². The summed E-state index contributed by atoms with van der Waals surface area (Å²) in [5.74, 6) is -1.14. The van der Waals surface area contributed by atoms with Crippen LogP contribution in [0.1, 0.15) is 21.5 Å². The van der Waals surface area contributed by atoms with Gasteiger partial charge >= 0.3 is 0 Å². The van der Waals surface area contributed by atoms with Gasteiger partial charge in [0.25, 0.3) is 0 Å². The second-order valence-corrected chi connectivity index (χ2v) is 5.38. The molecule has 0 spiro atoms. The van der Waals surface area contributed by atoms with Gasteiger partial charge in [0.05, 0.1) is 9.85 Å². The van der Waals surface area contributed by atoms with Gasteiger partial charge in [0.2, 0.25) is 0 Å². The van der Waals surface area contributed by atoms with Gasteiger partial charge in [0.15, 0.2) is 0 Å². The topological polar surface area (TPSA) is 0 Å². The van der Waals surface area contributed by atoms with Crippen LogP contribution in [-0.4, -0.2) is 0 Å². The molecule has 2 aromatic rings. The average Bonchev–Trinajstić information content (AvgIpc) is 2.34. The standard InChI is InChI=1S/C14H10BrClF2/c1-8-2-4-9(5-3-8)14(15)10-6-13(18)11(16)7-12(10)17/h2-7,14H,1H3. The van der Waals surface area contributed by atoms with Crippen molar-refractivity contribution in [3.63, 3.8) is 0 Å². The summed E-state index contributed by atoms with van der Waals surface area (Å²) in [4.78, 5) is -0.398. The van der Waals surface area contributed by atoms with E-state index in [0.29, 0.717) is 0 Å². The fourth-order valence-electron chi connectivity index (χ4n) is 1.65. The lowest BCUT2D eigenvalue weighted by Gasteiger charge is -2.12. The lowest BCUT2D eigenvalue weighted by Crippen LogP contribution is -1.98. The summed E-state index contributed by atoms with van der Waals surface area (Å²) in [6.45, 7) is 1.97. The molecular formula is C14H10BrClF2. The molecule has 4 heteroatoms. The zero-order chi connectivity index (χ0) is 13.3. The molecule has 0 radical (unpaired) electrons. The van der Waals surface area contributed by atoms with E-state index in [0.717, 1.165) is 23.3 Å². The smallest absolute Gasteiger partial charge is 0.142 e. The van der Waals surface area contributed by atoms with E-state index < -0.39 is 16.5 Å². The van der Waals surface area contributed by atoms with Gasteiger partial charge in [-0.05, 0) is 24.6 Å². The molecule has 0 aliphatic heterocycles. The van der Waals surface area contributed by atoms with Crippen LogP contribution in [0.15, 0.2) is 36.4 Å². The van der Waals surface area contributed by atoms with Crippen molar-refractivity contribution < 1.29 is 8.78 Å². The summed E-state index contributed by atoms with van der Waals surface area (Å²) in [6, 6.07) is 9.72. The monoisotopic (exact) mass is 330 g/mol. The Kier molecular flexibility index (Phi) is 4.03. The number of hydrogen-bond donors (Lipinski definition) is 0. The molecule has 18 heavy (non-hydrogen) atoms. The molecule has 0 N–H and O–H groups in total. The molecule has 0 aliphatic rings. The number of benzene rings is 2. The quantitative estimate of drug-likeness (QED) is 0.510. The lowest BCUT2D eigenvalue weighted by molar-refractivity contribution is 0.588. The lowest BCUT2D eigenvalue weighted by atomic mass is 10.0. The van der Waals surface area contributed by atoms with E-state index in [9.17, 15) is 8.78 Å². The Morgan fingerprint density at radius 2 is 1.67 bits per heavy atom. The normalized spacial score (nSPS) is 12.5. The minimum atomic E-state index is -0.621. The van der Waals surface area contributed by atoms with Gasteiger partial charge in [0.1, 0.15) is 11.6 Å². The van der Waals surface area contributed by atoms with E-state index in [2.05, 4.69) is 15.9 Å². The van der Waals surface area contributed by atoms with Crippen molar-refractivity contribution in [3.05, 3.63) is 69.7 Å². The number of hydrogen-bond acceptors (Lipinski definition) is 0. The maximum absolute atomic E-state index is 13.8. The van der Waals surface area contributed by atoms with Crippen LogP contribution in [-0.2, 0) is 0 Å². The van der Waals surface area contributed by atoms with Crippen LogP contribution in [0.25, 0.3) is 0 Å². The van der Waals surface area contributed by atoms with E-state index in [1.807, 2.05) is 31.2 Å². The van der Waals surface area contributed by atoms with Crippen LogP contribution in [0.5, 0.6) is 0 Å². The van der Waals surface area contributed by atoms with Gasteiger partial charge in [0, 0.05) is 5.56 Å². The summed E-state index contributed by atoms with van der Waals surface area (Å²) in [6.07, 6.45) is 0. The Bertz CT molecular complexity index is 567. The first-order valence-corrected chi connectivity index (χ1v) is 6.63. The van der Waals surface area contributed by atoms with Crippen LogP contribution < -0.4 is 0 Å². The summed E-state index contributed by atoms with van der Waals surface area (Å²) >= 11 is 8.91. The fraction of sp³-hybridized carbons (Fsp3) is 0.143. The number of alkyl halides is 1. The first kappa shape index (κ1) is 13.5. The molecule has 0 saturated carbocycles. The predicted octanol–water partition coefficient (Wildman–Crippen LogP) is 5.41. The summed E-state index contributed by atoms with van der Waals surface area (Å²) < 4.78 is 27.1. The zero-order valence-electron chi connectivity index (χ0n) is 9.55. The third-order valence-corrected chi connectivity index (χ3v) is 3.99. The molecule has 0 fully saturated rings. The maximum Gasteiger partial charge on any atom is 0.142 e. The summed E-state index contributed by atoms with van der Waals surface area (Å²) in [5, 5.41) is -0.208. The van der Waals surface area contributed by atoms with Gasteiger partial charge < -0.3 is 0 Å². The van der Waals surface area contributed by atoms with Crippen LogP contribution in [0.2, 0.25) is 5.02 Å². The van der Waals surface area contributed by atoms with E-state index >= 15 is 0 Å². The van der Waals surface area contributed by atoms with Crippen molar-refractivity contribution in [3.8, 4) is 0 Å². The average molecular weight is 332 g/mol. The van der Waals surface area contributed by atoms with Crippen molar-refractivity contribution in [1.82, 2.24) is 0 Å². The minimum Gasteiger partial charge on any atom is -0.207 e. The molecule has 0 nitrogen and oxygen atoms in total. The molecule has 94 valence electrons. The highest BCUT2D eigenvalue weighted by Crippen LogP contribution is 2.34. The van der Waals surface area contributed by atoms with Crippen molar-refractivity contribution in [2.24, 2.45) is 0 Å². The Morgan fingerprint density at radius 1 is 1.06 bits per heavy atom. The molecule has 0 saturated heterocycles. The van der Waals surface area contributed by atoms with Gasteiger partial charge in [-0.15, -0.1) is 0 Å². The van der Waals surface area contributed by atoms with E-state index in [-0.39, 0.29) is 10.6 Å². The molecule has 0 amide bonds. The Morgan fingerprint density at radius 3 is 2.28 bits per heavy atom. The molecule has 0 heterocycles.